The molecule has 1 aliphatic rings. The van der Waals surface area contributed by atoms with Gasteiger partial charge < -0.3 is 20.1 Å². The Hall–Kier alpha value is -2.39. The van der Waals surface area contributed by atoms with Crippen molar-refractivity contribution in [1.82, 2.24) is 19.5 Å². The summed E-state index contributed by atoms with van der Waals surface area (Å²) in [5, 5.41) is 29.4. The number of aliphatic hydroxyl groups excluding tert-OH is 3. The van der Waals surface area contributed by atoms with Crippen molar-refractivity contribution in [2.45, 2.75) is 31.0 Å². The number of aromatic nitrogens is 4. The van der Waals surface area contributed by atoms with Crippen molar-refractivity contribution in [3.8, 4) is 0 Å². The molecule has 1 unspecified atom stereocenters. The number of fused-ring (bicyclic) bond motifs is 1. The summed E-state index contributed by atoms with van der Waals surface area (Å²) in [6.45, 7) is -0.379. The first kappa shape index (κ1) is 16.1. The Kier molecular flexibility index (Phi) is 4.18. The lowest BCUT2D eigenvalue weighted by molar-refractivity contribution is -0.0511. The first-order chi connectivity index (χ1) is 12.2. The van der Waals surface area contributed by atoms with E-state index in [-0.39, 0.29) is 6.61 Å². The summed E-state index contributed by atoms with van der Waals surface area (Å²) in [6.07, 6.45) is -0.499. The van der Waals surface area contributed by atoms with E-state index in [9.17, 15) is 15.3 Å². The van der Waals surface area contributed by atoms with Crippen LogP contribution in [0.25, 0.3) is 11.2 Å². The number of nitrogens with zero attached hydrogens (tertiary/aromatic N) is 4. The topological polar surface area (TPSA) is 114 Å². The van der Waals surface area contributed by atoms with Crippen LogP contribution in [0.15, 0.2) is 43.0 Å². The first-order valence-electron chi connectivity index (χ1n) is 8.02. The van der Waals surface area contributed by atoms with E-state index in [4.69, 9.17) is 4.74 Å². The quantitative estimate of drug-likeness (QED) is 0.613. The summed E-state index contributed by atoms with van der Waals surface area (Å²) in [5.41, 5.74) is 2.99. The van der Waals surface area contributed by atoms with Crippen LogP contribution in [-0.2, 0) is 11.2 Å². The van der Waals surface area contributed by atoms with Gasteiger partial charge in [0.05, 0.1) is 18.6 Å². The SMILES string of the molecule is OC[C@H]1OC(n2cnc3c(Cc4ccccc4)ncnc32)[C@@H](O)[C@@H]1O. The molecule has 3 aromatic rings. The van der Waals surface area contributed by atoms with Gasteiger partial charge in [0.1, 0.15) is 30.2 Å². The molecule has 0 aliphatic carbocycles. The second-order valence-electron chi connectivity index (χ2n) is 6.04. The molecule has 1 aliphatic heterocycles. The average Bonchev–Trinajstić information content (AvgIpc) is 3.18. The van der Waals surface area contributed by atoms with Crippen molar-refractivity contribution in [2.24, 2.45) is 0 Å². The Bertz CT molecular complexity index is 869. The third-order valence-corrected chi connectivity index (χ3v) is 4.44. The summed E-state index contributed by atoms with van der Waals surface area (Å²) in [5.74, 6) is 0. The minimum Gasteiger partial charge on any atom is -0.394 e. The van der Waals surface area contributed by atoms with Gasteiger partial charge in [-0.2, -0.15) is 0 Å². The zero-order valence-corrected chi connectivity index (χ0v) is 13.3. The van der Waals surface area contributed by atoms with Crippen LogP contribution in [0.4, 0.5) is 0 Å². The molecule has 1 saturated heterocycles. The molecule has 1 aromatic carbocycles. The van der Waals surface area contributed by atoms with Crippen molar-refractivity contribution in [3.05, 3.63) is 54.2 Å². The van der Waals surface area contributed by atoms with Crippen LogP contribution in [0.2, 0.25) is 0 Å². The standard InChI is InChI=1S/C17H18N4O4/c22-7-12-14(23)15(24)17(25-12)21-9-20-13-11(18-8-19-16(13)21)6-10-4-2-1-3-5-10/h1-5,8-9,12,14-15,17,22-24H,6-7H2/t12-,14-,15+,17?/m1/s1. The second-order valence-corrected chi connectivity index (χ2v) is 6.04. The van der Waals surface area contributed by atoms with Crippen LogP contribution in [-0.4, -0.2) is 59.8 Å². The lowest BCUT2D eigenvalue weighted by atomic mass is 10.1. The maximum atomic E-state index is 10.2. The predicted octanol–water partition coefficient (Wildman–Crippen LogP) is 0.0286. The normalized spacial score (nSPS) is 26.4. The highest BCUT2D eigenvalue weighted by atomic mass is 16.6. The summed E-state index contributed by atoms with van der Waals surface area (Å²) in [6, 6.07) is 9.90. The molecule has 0 amide bonds. The second kappa shape index (κ2) is 6.49. The summed E-state index contributed by atoms with van der Waals surface area (Å²) < 4.78 is 7.12. The van der Waals surface area contributed by atoms with E-state index in [1.807, 2.05) is 30.3 Å². The average molecular weight is 342 g/mol. The molecular weight excluding hydrogens is 324 g/mol. The Balaban J connectivity index is 1.70. The molecule has 8 heteroatoms. The fourth-order valence-corrected chi connectivity index (χ4v) is 3.12. The first-order valence-corrected chi connectivity index (χ1v) is 8.02. The number of hydrogen-bond acceptors (Lipinski definition) is 7. The molecule has 0 radical (unpaired) electrons. The minimum atomic E-state index is -1.18. The van der Waals surface area contributed by atoms with Gasteiger partial charge in [-0.15, -0.1) is 0 Å². The predicted molar refractivity (Wildman–Crippen MR) is 87.6 cm³/mol. The largest absolute Gasteiger partial charge is 0.394 e. The summed E-state index contributed by atoms with van der Waals surface area (Å²) in [4.78, 5) is 13.0. The van der Waals surface area contributed by atoms with Crippen LogP contribution in [0.3, 0.4) is 0 Å². The van der Waals surface area contributed by atoms with E-state index >= 15 is 0 Å². The highest BCUT2D eigenvalue weighted by Crippen LogP contribution is 2.31. The Morgan fingerprint density at radius 2 is 1.84 bits per heavy atom. The van der Waals surface area contributed by atoms with E-state index in [2.05, 4.69) is 15.0 Å². The van der Waals surface area contributed by atoms with Gasteiger partial charge in [0.15, 0.2) is 11.9 Å². The highest BCUT2D eigenvalue weighted by molar-refractivity contribution is 5.73. The van der Waals surface area contributed by atoms with Crippen LogP contribution in [0.5, 0.6) is 0 Å². The number of hydrogen-bond donors (Lipinski definition) is 3. The van der Waals surface area contributed by atoms with Crippen molar-refractivity contribution in [3.63, 3.8) is 0 Å². The maximum Gasteiger partial charge on any atom is 0.165 e. The number of ether oxygens (including phenoxy) is 1. The van der Waals surface area contributed by atoms with Gasteiger partial charge in [0, 0.05) is 6.42 Å². The molecule has 3 heterocycles. The lowest BCUT2D eigenvalue weighted by Gasteiger charge is -2.16. The minimum absolute atomic E-state index is 0.379. The molecule has 2 aromatic heterocycles. The number of benzene rings is 1. The molecule has 3 N–H and O–H groups in total. The lowest BCUT2D eigenvalue weighted by Crippen LogP contribution is -2.33. The fourth-order valence-electron chi connectivity index (χ4n) is 3.12. The van der Waals surface area contributed by atoms with Crippen molar-refractivity contribution >= 4 is 11.2 Å². The van der Waals surface area contributed by atoms with Crippen LogP contribution in [0, 0.1) is 0 Å². The third kappa shape index (κ3) is 2.79. The van der Waals surface area contributed by atoms with Gasteiger partial charge in [-0.25, -0.2) is 15.0 Å². The van der Waals surface area contributed by atoms with Gasteiger partial charge in [0.25, 0.3) is 0 Å². The zero-order chi connectivity index (χ0) is 17.4. The molecule has 4 atom stereocenters. The summed E-state index contributed by atoms with van der Waals surface area (Å²) in [7, 11) is 0. The Morgan fingerprint density at radius 3 is 2.56 bits per heavy atom. The van der Waals surface area contributed by atoms with E-state index in [0.29, 0.717) is 17.6 Å². The summed E-state index contributed by atoms with van der Waals surface area (Å²) >= 11 is 0. The molecule has 4 rings (SSSR count). The van der Waals surface area contributed by atoms with Crippen LogP contribution < -0.4 is 0 Å². The van der Waals surface area contributed by atoms with Gasteiger partial charge in [-0.1, -0.05) is 30.3 Å². The Labute approximate surface area is 143 Å². The van der Waals surface area contributed by atoms with Crippen molar-refractivity contribution < 1.29 is 20.1 Å². The molecular formula is C17H18N4O4. The van der Waals surface area contributed by atoms with Gasteiger partial charge in [-0.3, -0.25) is 4.57 Å². The van der Waals surface area contributed by atoms with E-state index in [0.717, 1.165) is 11.3 Å². The smallest absolute Gasteiger partial charge is 0.165 e. The molecule has 1 fully saturated rings. The molecule has 0 saturated carbocycles. The maximum absolute atomic E-state index is 10.2. The highest BCUT2D eigenvalue weighted by Gasteiger charge is 2.43. The zero-order valence-electron chi connectivity index (χ0n) is 13.3. The van der Waals surface area contributed by atoms with Crippen LogP contribution in [0.1, 0.15) is 17.5 Å². The van der Waals surface area contributed by atoms with E-state index in [1.165, 1.54) is 12.7 Å². The van der Waals surface area contributed by atoms with E-state index < -0.39 is 24.5 Å². The third-order valence-electron chi connectivity index (χ3n) is 4.44. The van der Waals surface area contributed by atoms with Crippen molar-refractivity contribution in [1.29, 1.82) is 0 Å². The van der Waals surface area contributed by atoms with Gasteiger partial charge >= 0.3 is 0 Å². The number of aliphatic hydroxyl groups is 3. The number of rotatable bonds is 4. The van der Waals surface area contributed by atoms with Gasteiger partial charge in [0.2, 0.25) is 0 Å². The molecule has 130 valence electrons. The van der Waals surface area contributed by atoms with Gasteiger partial charge in [-0.05, 0) is 5.56 Å². The molecule has 0 spiro atoms. The molecule has 25 heavy (non-hydrogen) atoms. The van der Waals surface area contributed by atoms with Crippen LogP contribution >= 0.6 is 0 Å². The fraction of sp³-hybridized carbons (Fsp3) is 0.353. The molecule has 0 bridgehead atoms. The monoisotopic (exact) mass is 342 g/mol. The molecule has 8 nitrogen and oxygen atoms in total. The number of imidazole rings is 1. The van der Waals surface area contributed by atoms with E-state index in [1.54, 1.807) is 4.57 Å². The van der Waals surface area contributed by atoms with Crippen molar-refractivity contribution in [2.75, 3.05) is 6.61 Å². The Morgan fingerprint density at radius 1 is 1.04 bits per heavy atom.